The molecule has 0 aromatic heterocycles. The van der Waals surface area contributed by atoms with Crippen molar-refractivity contribution in [3.05, 3.63) is 0 Å². The largest absolute Gasteiger partial charge is 0.394 e. The first-order chi connectivity index (χ1) is 5.16. The Labute approximate surface area is 67.8 Å². The van der Waals surface area contributed by atoms with E-state index >= 15 is 0 Å². The number of hydrogen-bond donors (Lipinski definition) is 4. The predicted molar refractivity (Wildman–Crippen MR) is 37.6 cm³/mol. The fourth-order valence-electron chi connectivity index (χ4n) is 0.769. The van der Waals surface area contributed by atoms with Crippen molar-refractivity contribution >= 4 is 12.0 Å². The van der Waals surface area contributed by atoms with Crippen LogP contribution in [0.1, 0.15) is 0 Å². The Morgan fingerprint density at radius 2 is 1.82 bits per heavy atom. The van der Waals surface area contributed by atoms with Crippen molar-refractivity contribution in [2.45, 2.75) is 23.7 Å². The first-order valence-electron chi connectivity index (χ1n) is 3.14. The normalized spacial score (nSPS) is 45.8. The van der Waals surface area contributed by atoms with Gasteiger partial charge in [0.1, 0.15) is 18.3 Å². The highest BCUT2D eigenvalue weighted by Crippen LogP contribution is 2.26. The summed E-state index contributed by atoms with van der Waals surface area (Å²) in [5.41, 5.74) is -1.15. The van der Waals surface area contributed by atoms with E-state index in [1.54, 1.807) is 0 Å². The van der Waals surface area contributed by atoms with Crippen molar-refractivity contribution < 1.29 is 24.6 Å². The Morgan fingerprint density at radius 3 is 2.36 bits per heavy atom. The van der Waals surface area contributed by atoms with Crippen molar-refractivity contribution in [2.75, 3.05) is 6.61 Å². The summed E-state index contributed by atoms with van der Waals surface area (Å²) in [5, 5.41) is 35.6. The standard InChI is InChI=1S/C5H10O5S/c6-1-2-3(7)4(8)5(9)11-10-2/h2-9H,1H2/t2?,3-,4+,5+/m0/s1. The van der Waals surface area contributed by atoms with Crippen LogP contribution in [0.2, 0.25) is 0 Å². The summed E-state index contributed by atoms with van der Waals surface area (Å²) in [6.45, 7) is -0.377. The fourth-order valence-corrected chi connectivity index (χ4v) is 1.48. The van der Waals surface area contributed by atoms with Gasteiger partial charge in [-0.25, -0.2) is 0 Å². The van der Waals surface area contributed by atoms with Crippen LogP contribution in [0.25, 0.3) is 0 Å². The van der Waals surface area contributed by atoms with Crippen molar-refractivity contribution in [2.24, 2.45) is 0 Å². The van der Waals surface area contributed by atoms with Crippen LogP contribution >= 0.6 is 12.0 Å². The lowest BCUT2D eigenvalue weighted by Crippen LogP contribution is -2.49. The molecule has 0 saturated carbocycles. The molecule has 1 aliphatic rings. The summed E-state index contributed by atoms with van der Waals surface area (Å²) >= 11 is 0.648. The lowest BCUT2D eigenvalue weighted by Gasteiger charge is -2.32. The van der Waals surface area contributed by atoms with Crippen molar-refractivity contribution in [1.29, 1.82) is 0 Å². The highest BCUT2D eigenvalue weighted by Gasteiger charge is 2.38. The lowest BCUT2D eigenvalue weighted by molar-refractivity contribution is -0.101. The molecular formula is C5H10O5S. The molecule has 0 bridgehead atoms. The topological polar surface area (TPSA) is 90.2 Å². The molecule has 0 amide bonds. The minimum Gasteiger partial charge on any atom is -0.394 e. The van der Waals surface area contributed by atoms with Crippen molar-refractivity contribution in [1.82, 2.24) is 0 Å². The van der Waals surface area contributed by atoms with Crippen LogP contribution in [0.15, 0.2) is 0 Å². The second kappa shape index (κ2) is 3.70. The SMILES string of the molecule is OCC1OS[C@@H](O)[C@H](O)[C@H]1O. The first-order valence-corrected chi connectivity index (χ1v) is 3.94. The average Bonchev–Trinajstić information content (AvgIpc) is 2.01. The molecule has 1 rings (SSSR count). The van der Waals surface area contributed by atoms with E-state index in [1.807, 2.05) is 0 Å². The van der Waals surface area contributed by atoms with E-state index in [-0.39, 0.29) is 6.61 Å². The Kier molecular flexibility index (Phi) is 3.11. The van der Waals surface area contributed by atoms with Gasteiger partial charge < -0.3 is 24.6 Å². The van der Waals surface area contributed by atoms with Crippen LogP contribution in [-0.2, 0) is 4.18 Å². The van der Waals surface area contributed by atoms with Gasteiger partial charge in [-0.2, -0.15) is 0 Å². The minimum atomic E-state index is -1.26. The predicted octanol–water partition coefficient (Wildman–Crippen LogP) is -1.93. The molecule has 0 spiro atoms. The molecule has 5 nitrogen and oxygen atoms in total. The summed E-state index contributed by atoms with van der Waals surface area (Å²) in [6.07, 6.45) is -3.31. The van der Waals surface area contributed by atoms with Gasteiger partial charge in [-0.3, -0.25) is 0 Å². The van der Waals surface area contributed by atoms with Gasteiger partial charge in [-0.15, -0.1) is 0 Å². The van der Waals surface area contributed by atoms with E-state index in [4.69, 9.17) is 24.6 Å². The number of hydrogen-bond acceptors (Lipinski definition) is 6. The highest BCUT2D eigenvalue weighted by atomic mass is 32.2. The molecule has 0 aromatic rings. The third-order valence-electron chi connectivity index (χ3n) is 1.48. The Morgan fingerprint density at radius 1 is 1.18 bits per heavy atom. The molecule has 66 valence electrons. The zero-order valence-corrected chi connectivity index (χ0v) is 6.44. The summed E-state index contributed by atoms with van der Waals surface area (Å²) in [5.74, 6) is 0. The maximum atomic E-state index is 9.10. The molecule has 1 heterocycles. The summed E-state index contributed by atoms with van der Waals surface area (Å²) in [7, 11) is 0. The smallest absolute Gasteiger partial charge is 0.153 e. The highest BCUT2D eigenvalue weighted by molar-refractivity contribution is 7.95. The van der Waals surface area contributed by atoms with Gasteiger partial charge in [-0.1, -0.05) is 0 Å². The summed E-state index contributed by atoms with van der Waals surface area (Å²) in [4.78, 5) is 0. The van der Waals surface area contributed by atoms with E-state index in [9.17, 15) is 0 Å². The first kappa shape index (κ1) is 9.24. The van der Waals surface area contributed by atoms with E-state index in [0.717, 1.165) is 0 Å². The zero-order chi connectivity index (χ0) is 8.43. The summed E-state index contributed by atoms with van der Waals surface area (Å²) < 4.78 is 4.73. The van der Waals surface area contributed by atoms with Gasteiger partial charge in [-0.05, 0) is 0 Å². The second-order valence-corrected chi connectivity index (χ2v) is 3.15. The number of aliphatic hydroxyl groups excluding tert-OH is 4. The number of aliphatic hydroxyl groups is 4. The molecule has 11 heavy (non-hydrogen) atoms. The monoisotopic (exact) mass is 182 g/mol. The Bertz CT molecular complexity index is 130. The number of rotatable bonds is 1. The maximum absolute atomic E-state index is 9.10. The molecule has 0 aliphatic carbocycles. The molecule has 0 radical (unpaired) electrons. The third-order valence-corrected chi connectivity index (χ3v) is 2.32. The Balaban J connectivity index is 2.52. The van der Waals surface area contributed by atoms with Crippen LogP contribution in [0.4, 0.5) is 0 Å². The molecule has 4 N–H and O–H groups in total. The van der Waals surface area contributed by atoms with Crippen LogP contribution in [0.5, 0.6) is 0 Å². The van der Waals surface area contributed by atoms with Gasteiger partial charge in [0, 0.05) is 12.0 Å². The molecule has 0 aromatic carbocycles. The van der Waals surface area contributed by atoms with Gasteiger partial charge >= 0.3 is 0 Å². The lowest BCUT2D eigenvalue weighted by atomic mass is 10.1. The third kappa shape index (κ3) is 1.84. The van der Waals surface area contributed by atoms with Crippen molar-refractivity contribution in [3.8, 4) is 0 Å². The average molecular weight is 182 g/mol. The van der Waals surface area contributed by atoms with Gasteiger partial charge in [0.2, 0.25) is 0 Å². The van der Waals surface area contributed by atoms with Crippen molar-refractivity contribution in [3.63, 3.8) is 0 Å². The van der Waals surface area contributed by atoms with Crippen LogP contribution in [0.3, 0.4) is 0 Å². The van der Waals surface area contributed by atoms with Crippen LogP contribution < -0.4 is 0 Å². The molecular weight excluding hydrogens is 172 g/mol. The van der Waals surface area contributed by atoms with Gasteiger partial charge in [0.05, 0.1) is 6.61 Å². The van der Waals surface area contributed by atoms with E-state index in [0.29, 0.717) is 12.0 Å². The van der Waals surface area contributed by atoms with Crippen LogP contribution in [-0.4, -0.2) is 50.8 Å². The molecule has 1 aliphatic heterocycles. The molecule has 1 fully saturated rings. The summed E-state index contributed by atoms with van der Waals surface area (Å²) in [6, 6.07) is 0. The van der Waals surface area contributed by atoms with Crippen LogP contribution in [0, 0.1) is 0 Å². The molecule has 1 saturated heterocycles. The van der Waals surface area contributed by atoms with E-state index < -0.39 is 23.7 Å². The quantitative estimate of drug-likeness (QED) is 0.353. The van der Waals surface area contributed by atoms with Gasteiger partial charge in [0.25, 0.3) is 0 Å². The van der Waals surface area contributed by atoms with E-state index in [1.165, 1.54) is 0 Å². The second-order valence-electron chi connectivity index (χ2n) is 2.29. The minimum absolute atomic E-state index is 0.377. The van der Waals surface area contributed by atoms with Gasteiger partial charge in [0.15, 0.2) is 5.44 Å². The molecule has 1 unspecified atom stereocenters. The molecule has 6 heteroatoms. The zero-order valence-electron chi connectivity index (χ0n) is 5.62. The fraction of sp³-hybridized carbons (Fsp3) is 1.00. The Hall–Kier alpha value is 0.150. The van der Waals surface area contributed by atoms with E-state index in [2.05, 4.69) is 0 Å². The maximum Gasteiger partial charge on any atom is 0.153 e. The molecule has 4 atom stereocenters.